The molecule has 5 aromatic rings. The molecule has 46 heavy (non-hydrogen) atoms. The van der Waals surface area contributed by atoms with Crippen LogP contribution in [0.4, 0.5) is 0 Å². The van der Waals surface area contributed by atoms with Crippen LogP contribution in [0.5, 0.6) is 0 Å². The number of aromatic nitrogens is 1. The zero-order chi connectivity index (χ0) is 32.6. The second-order valence-electron chi connectivity index (χ2n) is 11.1. The highest BCUT2D eigenvalue weighted by Crippen LogP contribution is 2.35. The van der Waals surface area contributed by atoms with Gasteiger partial charge in [0.1, 0.15) is 11.6 Å². The Labute approximate surface area is 271 Å². The summed E-state index contributed by atoms with van der Waals surface area (Å²) >= 11 is 1.57. The third kappa shape index (κ3) is 7.33. The fraction of sp³-hybridized carbons (Fsp3) is 0.211. The molecule has 0 amide bonds. The molecule has 0 bridgehead atoms. The van der Waals surface area contributed by atoms with Gasteiger partial charge in [0, 0.05) is 44.5 Å². The first-order valence-corrected chi connectivity index (χ1v) is 16.1. The van der Waals surface area contributed by atoms with Gasteiger partial charge in [-0.2, -0.15) is 5.26 Å². The van der Waals surface area contributed by atoms with Crippen molar-refractivity contribution in [2.45, 2.75) is 52.0 Å². The molecule has 5 rings (SSSR count). The van der Waals surface area contributed by atoms with Crippen LogP contribution in [0.15, 0.2) is 90.0 Å². The van der Waals surface area contributed by atoms with Gasteiger partial charge in [-0.1, -0.05) is 61.4 Å². The zero-order valence-corrected chi connectivity index (χ0v) is 26.3. The molecule has 7 nitrogen and oxygen atoms in total. The van der Waals surface area contributed by atoms with E-state index in [0.29, 0.717) is 18.4 Å². The summed E-state index contributed by atoms with van der Waals surface area (Å²) < 4.78 is 2.33. The van der Waals surface area contributed by atoms with E-state index in [0.717, 1.165) is 59.2 Å². The van der Waals surface area contributed by atoms with Crippen LogP contribution in [0.3, 0.4) is 0 Å². The van der Waals surface area contributed by atoms with Crippen LogP contribution in [0.25, 0.3) is 44.4 Å². The number of benzene rings is 3. The summed E-state index contributed by atoms with van der Waals surface area (Å²) in [6, 6.07) is 28.2. The van der Waals surface area contributed by atoms with E-state index >= 15 is 0 Å². The Morgan fingerprint density at radius 2 is 1.54 bits per heavy atom. The van der Waals surface area contributed by atoms with Crippen molar-refractivity contribution >= 4 is 63.0 Å². The maximum atomic E-state index is 12.8. The summed E-state index contributed by atoms with van der Waals surface area (Å²) in [5, 5.41) is 30.2. The first-order valence-electron chi connectivity index (χ1n) is 15.3. The number of allylic oxidation sites excluding steroid dienone is 1. The molecule has 0 fully saturated rings. The van der Waals surface area contributed by atoms with Crippen molar-refractivity contribution in [1.82, 2.24) is 4.57 Å². The Hall–Kier alpha value is -5.26. The highest BCUT2D eigenvalue weighted by molar-refractivity contribution is 7.16. The van der Waals surface area contributed by atoms with E-state index in [1.54, 1.807) is 29.5 Å². The number of carbonyl (C=O) groups excluding carboxylic acids is 1. The Kier molecular flexibility index (Phi) is 10.3. The lowest BCUT2D eigenvalue weighted by atomic mass is 10.0. The van der Waals surface area contributed by atoms with Crippen LogP contribution in [0.1, 0.15) is 55.0 Å². The first-order chi connectivity index (χ1) is 22.3. The number of nitriles is 1. The van der Waals surface area contributed by atoms with Crippen molar-refractivity contribution in [3.05, 3.63) is 106 Å². The molecule has 8 heteroatoms. The fourth-order valence-corrected chi connectivity index (χ4v) is 6.66. The van der Waals surface area contributed by atoms with Gasteiger partial charge < -0.3 is 14.8 Å². The third-order valence-electron chi connectivity index (χ3n) is 8.08. The van der Waals surface area contributed by atoms with Crippen LogP contribution in [0.2, 0.25) is 0 Å². The molecule has 3 aromatic carbocycles. The molecule has 0 aliphatic rings. The molecule has 2 N–H and O–H groups in total. The number of aliphatic carboxylic acids is 2. The highest BCUT2D eigenvalue weighted by Gasteiger charge is 2.16. The number of carbonyl (C=O) groups is 3. The molecule has 0 saturated heterocycles. The minimum atomic E-state index is -1.48. The van der Waals surface area contributed by atoms with Gasteiger partial charge in [-0.15, -0.1) is 11.3 Å². The van der Waals surface area contributed by atoms with Gasteiger partial charge in [0.2, 0.25) is 0 Å². The Morgan fingerprint density at radius 3 is 2.26 bits per heavy atom. The minimum Gasteiger partial charge on any atom is -0.477 e. The van der Waals surface area contributed by atoms with Gasteiger partial charge in [-0.3, -0.25) is 4.79 Å². The average Bonchev–Trinajstić information content (AvgIpc) is 3.66. The van der Waals surface area contributed by atoms with Gasteiger partial charge in [0.15, 0.2) is 5.78 Å². The number of Topliss-reactive ketones (excluding diaryl/α,β-unsaturated/α-hetero) is 1. The van der Waals surface area contributed by atoms with E-state index in [2.05, 4.69) is 60.0 Å². The molecule has 0 radical (unpaired) electrons. The molecule has 232 valence electrons. The van der Waals surface area contributed by atoms with E-state index in [1.807, 2.05) is 24.3 Å². The SMILES string of the molecule is CCn1c2ccccc2c2cc(-c3ccc(/C=C(\C#N)C(=O)CCCCCCc4ccc(C=C(C(=O)O)C(=O)O)cc4)s3)ccc21. The number of hydrogen-bond donors (Lipinski definition) is 2. The summed E-state index contributed by atoms with van der Waals surface area (Å²) in [5.74, 6) is -3.10. The minimum absolute atomic E-state index is 0.142. The van der Waals surface area contributed by atoms with Gasteiger partial charge >= 0.3 is 11.9 Å². The number of rotatable bonds is 14. The fourth-order valence-electron chi connectivity index (χ4n) is 5.72. The maximum absolute atomic E-state index is 12.8. The number of carboxylic acid groups (broad SMARTS) is 2. The molecule has 2 aromatic heterocycles. The van der Waals surface area contributed by atoms with E-state index in [-0.39, 0.29) is 11.4 Å². The molecule has 0 spiro atoms. The standard InChI is InChI=1S/C38H34N2O5S/c1-2-40-33-11-8-7-10-30(33)31-23-27(17-19-34(31)40)36-20-18-29(46-36)22-28(24-39)35(41)12-6-4-3-5-9-25-13-15-26(16-14-25)21-32(37(42)43)38(44)45/h7-8,10-11,13-23H,2-6,9,12H2,1H3,(H,42,43)(H,44,45)/b28-22+. The third-order valence-corrected chi connectivity index (χ3v) is 9.16. The summed E-state index contributed by atoms with van der Waals surface area (Å²) in [6.07, 6.45) is 7.40. The van der Waals surface area contributed by atoms with Crippen LogP contribution < -0.4 is 0 Å². The zero-order valence-electron chi connectivity index (χ0n) is 25.5. The van der Waals surface area contributed by atoms with Crippen LogP contribution in [-0.2, 0) is 27.3 Å². The van der Waals surface area contributed by atoms with Crippen LogP contribution in [-0.4, -0.2) is 32.5 Å². The molecule has 0 unspecified atom stereocenters. The predicted octanol–water partition coefficient (Wildman–Crippen LogP) is 8.76. The lowest BCUT2D eigenvalue weighted by Gasteiger charge is -2.04. The monoisotopic (exact) mass is 630 g/mol. The smallest absolute Gasteiger partial charge is 0.343 e. The topological polar surface area (TPSA) is 120 Å². The summed E-state index contributed by atoms with van der Waals surface area (Å²) in [6.45, 7) is 3.05. The molecule has 0 atom stereocenters. The van der Waals surface area contributed by atoms with Gasteiger partial charge in [0.05, 0.1) is 5.57 Å². The van der Waals surface area contributed by atoms with E-state index in [4.69, 9.17) is 10.2 Å². The van der Waals surface area contributed by atoms with Crippen molar-refractivity contribution in [1.29, 1.82) is 5.26 Å². The number of hydrogen-bond acceptors (Lipinski definition) is 5. The number of para-hydroxylation sites is 1. The summed E-state index contributed by atoms with van der Waals surface area (Å²) in [7, 11) is 0. The summed E-state index contributed by atoms with van der Waals surface area (Å²) in [4.78, 5) is 36.9. The van der Waals surface area contributed by atoms with Crippen molar-refractivity contribution < 1.29 is 24.6 Å². The number of ketones is 1. The molecule has 2 heterocycles. The van der Waals surface area contributed by atoms with E-state index < -0.39 is 17.5 Å². The van der Waals surface area contributed by atoms with E-state index in [9.17, 15) is 19.6 Å². The predicted molar refractivity (Wildman–Crippen MR) is 184 cm³/mol. The lowest BCUT2D eigenvalue weighted by molar-refractivity contribution is -0.140. The second-order valence-corrected chi connectivity index (χ2v) is 12.2. The number of thiophene rings is 1. The normalized spacial score (nSPS) is 11.4. The molecule has 0 aliphatic carbocycles. The van der Waals surface area contributed by atoms with Crippen LogP contribution >= 0.6 is 11.3 Å². The average molecular weight is 631 g/mol. The van der Waals surface area contributed by atoms with Crippen molar-refractivity contribution in [3.8, 4) is 16.5 Å². The quantitative estimate of drug-likeness (QED) is 0.0416. The van der Waals surface area contributed by atoms with Crippen molar-refractivity contribution in [2.75, 3.05) is 0 Å². The number of aryl methyl sites for hydroxylation is 2. The Balaban J connectivity index is 1.13. The first kappa shape index (κ1) is 32.1. The number of carboxylic acids is 2. The number of nitrogens with zero attached hydrogens (tertiary/aromatic N) is 2. The molecular formula is C38H34N2O5S. The highest BCUT2D eigenvalue weighted by atomic mass is 32.1. The second kappa shape index (κ2) is 14.7. The number of fused-ring (bicyclic) bond motifs is 3. The van der Waals surface area contributed by atoms with E-state index in [1.165, 1.54) is 21.8 Å². The summed E-state index contributed by atoms with van der Waals surface area (Å²) in [5.41, 5.74) is 4.62. The van der Waals surface area contributed by atoms with Crippen molar-refractivity contribution in [3.63, 3.8) is 0 Å². The Bertz CT molecular complexity index is 2010. The number of unbranched alkanes of at least 4 members (excludes halogenated alkanes) is 3. The van der Waals surface area contributed by atoms with Crippen LogP contribution in [0, 0.1) is 11.3 Å². The van der Waals surface area contributed by atoms with Gasteiger partial charge in [-0.25, -0.2) is 9.59 Å². The lowest BCUT2D eigenvalue weighted by Crippen LogP contribution is -2.10. The Morgan fingerprint density at radius 1 is 0.826 bits per heavy atom. The molecule has 0 saturated carbocycles. The molecular weight excluding hydrogens is 596 g/mol. The van der Waals surface area contributed by atoms with Gasteiger partial charge in [-0.05, 0) is 85.4 Å². The largest absolute Gasteiger partial charge is 0.477 e. The maximum Gasteiger partial charge on any atom is 0.343 e. The van der Waals surface area contributed by atoms with Crippen molar-refractivity contribution in [2.24, 2.45) is 0 Å². The molecule has 0 aliphatic heterocycles. The van der Waals surface area contributed by atoms with Gasteiger partial charge in [0.25, 0.3) is 0 Å².